The molecule has 0 saturated carbocycles. The zero-order chi connectivity index (χ0) is 20.1. The summed E-state index contributed by atoms with van der Waals surface area (Å²) in [6.07, 6.45) is 0. The highest BCUT2D eigenvalue weighted by atomic mass is 16.5. The monoisotopic (exact) mass is 388 g/mol. The standard InChI is InChI=1S/C23H20N2O4/c26-22(27)16-25-20-12-6-5-11-19(20)24-23(25)18-10-4-7-13-21(18)29-15-14-28-17-8-2-1-3-9-17/h1-13H,14-16H2,(H,26,27). The molecule has 0 aliphatic carbocycles. The lowest BCUT2D eigenvalue weighted by molar-refractivity contribution is -0.137. The highest BCUT2D eigenvalue weighted by Gasteiger charge is 2.17. The van der Waals surface area contributed by atoms with E-state index in [2.05, 4.69) is 4.98 Å². The maximum absolute atomic E-state index is 11.4. The Balaban J connectivity index is 1.59. The number of imidazole rings is 1. The molecule has 6 heteroatoms. The van der Waals surface area contributed by atoms with Crippen LogP contribution in [0.2, 0.25) is 0 Å². The number of carbonyl (C=O) groups is 1. The molecule has 6 nitrogen and oxygen atoms in total. The van der Waals surface area contributed by atoms with Crippen LogP contribution in [0.1, 0.15) is 0 Å². The van der Waals surface area contributed by atoms with Gasteiger partial charge in [0.2, 0.25) is 0 Å². The zero-order valence-electron chi connectivity index (χ0n) is 15.7. The van der Waals surface area contributed by atoms with Crippen molar-refractivity contribution in [2.24, 2.45) is 0 Å². The molecule has 1 N–H and O–H groups in total. The maximum atomic E-state index is 11.4. The molecule has 146 valence electrons. The maximum Gasteiger partial charge on any atom is 0.323 e. The smallest absolute Gasteiger partial charge is 0.323 e. The van der Waals surface area contributed by atoms with E-state index in [1.165, 1.54) is 0 Å². The van der Waals surface area contributed by atoms with Gasteiger partial charge in [-0.05, 0) is 36.4 Å². The van der Waals surface area contributed by atoms with Gasteiger partial charge in [0.15, 0.2) is 0 Å². The van der Waals surface area contributed by atoms with E-state index >= 15 is 0 Å². The third-order valence-corrected chi connectivity index (χ3v) is 4.43. The van der Waals surface area contributed by atoms with Crippen LogP contribution >= 0.6 is 0 Å². The minimum Gasteiger partial charge on any atom is -0.490 e. The molecule has 3 aromatic carbocycles. The van der Waals surface area contributed by atoms with Gasteiger partial charge >= 0.3 is 5.97 Å². The highest BCUT2D eigenvalue weighted by Crippen LogP contribution is 2.32. The molecule has 0 atom stereocenters. The molecule has 0 spiro atoms. The van der Waals surface area contributed by atoms with E-state index in [9.17, 15) is 9.90 Å². The van der Waals surface area contributed by atoms with E-state index in [4.69, 9.17) is 9.47 Å². The van der Waals surface area contributed by atoms with Crippen molar-refractivity contribution in [1.82, 2.24) is 9.55 Å². The summed E-state index contributed by atoms with van der Waals surface area (Å²) < 4.78 is 13.3. The summed E-state index contributed by atoms with van der Waals surface area (Å²) in [6.45, 7) is 0.566. The lowest BCUT2D eigenvalue weighted by Gasteiger charge is -2.13. The third kappa shape index (κ3) is 4.21. The summed E-state index contributed by atoms with van der Waals surface area (Å²) in [4.78, 5) is 16.1. The van der Waals surface area contributed by atoms with Gasteiger partial charge in [-0.25, -0.2) is 4.98 Å². The molecular formula is C23H20N2O4. The van der Waals surface area contributed by atoms with Crippen LogP contribution in [0.3, 0.4) is 0 Å². The number of ether oxygens (including phenoxy) is 2. The molecular weight excluding hydrogens is 368 g/mol. The number of aromatic nitrogens is 2. The number of benzene rings is 3. The van der Waals surface area contributed by atoms with Gasteiger partial charge in [0.25, 0.3) is 0 Å². The van der Waals surface area contributed by atoms with Crippen molar-refractivity contribution in [3.05, 3.63) is 78.9 Å². The summed E-state index contributed by atoms with van der Waals surface area (Å²) in [7, 11) is 0. The van der Waals surface area contributed by atoms with E-state index in [0.29, 0.717) is 24.8 Å². The molecule has 4 aromatic rings. The van der Waals surface area contributed by atoms with Crippen LogP contribution < -0.4 is 9.47 Å². The summed E-state index contributed by atoms with van der Waals surface area (Å²) in [5.74, 6) is 1.05. The van der Waals surface area contributed by atoms with Gasteiger partial charge in [0.05, 0.1) is 16.6 Å². The van der Waals surface area contributed by atoms with E-state index in [1.54, 1.807) is 4.57 Å². The van der Waals surface area contributed by atoms with Crippen LogP contribution in [0.4, 0.5) is 0 Å². The quantitative estimate of drug-likeness (QED) is 0.457. The Hall–Kier alpha value is -3.80. The lowest BCUT2D eigenvalue weighted by Crippen LogP contribution is -2.12. The molecule has 0 saturated heterocycles. The molecule has 1 aromatic heterocycles. The van der Waals surface area contributed by atoms with Crippen molar-refractivity contribution >= 4 is 17.0 Å². The lowest BCUT2D eigenvalue weighted by atomic mass is 10.2. The first-order chi connectivity index (χ1) is 14.2. The Morgan fingerprint density at radius 2 is 1.55 bits per heavy atom. The van der Waals surface area contributed by atoms with Crippen molar-refractivity contribution in [3.63, 3.8) is 0 Å². The molecule has 29 heavy (non-hydrogen) atoms. The van der Waals surface area contributed by atoms with Crippen LogP contribution in [-0.2, 0) is 11.3 Å². The second kappa shape index (κ2) is 8.48. The summed E-state index contributed by atoms with van der Waals surface area (Å²) >= 11 is 0. The number of hydrogen-bond acceptors (Lipinski definition) is 4. The Labute approximate surface area is 168 Å². The average molecular weight is 388 g/mol. The predicted molar refractivity (Wildman–Crippen MR) is 110 cm³/mol. The number of carboxylic acid groups (broad SMARTS) is 1. The first kappa shape index (κ1) is 18.6. The first-order valence-corrected chi connectivity index (χ1v) is 9.29. The van der Waals surface area contributed by atoms with E-state index in [1.807, 2.05) is 78.9 Å². The Morgan fingerprint density at radius 3 is 2.38 bits per heavy atom. The molecule has 0 amide bonds. The fourth-order valence-electron chi connectivity index (χ4n) is 3.18. The third-order valence-electron chi connectivity index (χ3n) is 4.43. The van der Waals surface area contributed by atoms with Crippen molar-refractivity contribution in [1.29, 1.82) is 0 Å². The Kier molecular flexibility index (Phi) is 5.42. The number of rotatable bonds is 8. The molecule has 0 bridgehead atoms. The topological polar surface area (TPSA) is 73.6 Å². The first-order valence-electron chi connectivity index (χ1n) is 9.29. The van der Waals surface area contributed by atoms with Gasteiger partial charge in [-0.3, -0.25) is 4.79 Å². The molecule has 0 aliphatic heterocycles. The second-order valence-electron chi connectivity index (χ2n) is 6.41. The summed E-state index contributed by atoms with van der Waals surface area (Å²) in [5, 5.41) is 9.37. The average Bonchev–Trinajstić information content (AvgIpc) is 3.10. The van der Waals surface area contributed by atoms with Crippen LogP contribution in [0.15, 0.2) is 78.9 Å². The van der Waals surface area contributed by atoms with Crippen LogP contribution in [0.5, 0.6) is 11.5 Å². The van der Waals surface area contributed by atoms with E-state index in [0.717, 1.165) is 22.3 Å². The van der Waals surface area contributed by atoms with Crippen LogP contribution in [-0.4, -0.2) is 33.8 Å². The molecule has 0 fully saturated rings. The van der Waals surface area contributed by atoms with Gasteiger partial charge in [-0.15, -0.1) is 0 Å². The minimum absolute atomic E-state index is 0.179. The molecule has 0 radical (unpaired) electrons. The van der Waals surface area contributed by atoms with Crippen LogP contribution in [0.25, 0.3) is 22.4 Å². The van der Waals surface area contributed by atoms with Crippen molar-refractivity contribution in [2.75, 3.05) is 13.2 Å². The number of para-hydroxylation sites is 4. The fourth-order valence-corrected chi connectivity index (χ4v) is 3.18. The number of aliphatic carboxylic acids is 1. The molecule has 4 rings (SSSR count). The number of carboxylic acids is 1. The number of nitrogens with zero attached hydrogens (tertiary/aromatic N) is 2. The summed E-state index contributed by atoms with van der Waals surface area (Å²) in [5.41, 5.74) is 2.25. The van der Waals surface area contributed by atoms with E-state index in [-0.39, 0.29) is 6.54 Å². The predicted octanol–water partition coefficient (Wildman–Crippen LogP) is 4.25. The van der Waals surface area contributed by atoms with Gasteiger partial charge in [-0.2, -0.15) is 0 Å². The highest BCUT2D eigenvalue weighted by molar-refractivity contribution is 5.84. The normalized spacial score (nSPS) is 10.8. The largest absolute Gasteiger partial charge is 0.490 e. The summed E-state index contributed by atoms with van der Waals surface area (Å²) in [6, 6.07) is 24.5. The van der Waals surface area contributed by atoms with Gasteiger partial charge < -0.3 is 19.1 Å². The fraction of sp³-hybridized carbons (Fsp3) is 0.130. The SMILES string of the molecule is O=C(O)Cn1c(-c2ccccc2OCCOc2ccccc2)nc2ccccc21. The van der Waals surface area contributed by atoms with Crippen molar-refractivity contribution < 1.29 is 19.4 Å². The van der Waals surface area contributed by atoms with Crippen molar-refractivity contribution in [3.8, 4) is 22.9 Å². The Bertz CT molecular complexity index is 1120. The molecule has 0 unspecified atom stereocenters. The zero-order valence-corrected chi connectivity index (χ0v) is 15.7. The molecule has 0 aliphatic rings. The number of fused-ring (bicyclic) bond motifs is 1. The Morgan fingerprint density at radius 1 is 0.862 bits per heavy atom. The number of hydrogen-bond donors (Lipinski definition) is 1. The van der Waals surface area contributed by atoms with Gasteiger partial charge in [0, 0.05) is 0 Å². The van der Waals surface area contributed by atoms with E-state index < -0.39 is 5.97 Å². The van der Waals surface area contributed by atoms with Gasteiger partial charge in [-0.1, -0.05) is 42.5 Å². The molecule has 1 heterocycles. The second-order valence-corrected chi connectivity index (χ2v) is 6.41. The minimum atomic E-state index is -0.927. The van der Waals surface area contributed by atoms with Crippen LogP contribution in [0, 0.1) is 0 Å². The van der Waals surface area contributed by atoms with Crippen molar-refractivity contribution in [2.45, 2.75) is 6.54 Å². The van der Waals surface area contributed by atoms with Gasteiger partial charge in [0.1, 0.15) is 37.1 Å².